The van der Waals surface area contributed by atoms with E-state index in [1.807, 2.05) is 41.8 Å². The lowest BCUT2D eigenvalue weighted by atomic mass is 10.1. The second-order valence-corrected chi connectivity index (χ2v) is 6.26. The van der Waals surface area contributed by atoms with Crippen LogP contribution in [0.3, 0.4) is 0 Å². The summed E-state index contributed by atoms with van der Waals surface area (Å²) in [5, 5.41) is 13.4. The van der Waals surface area contributed by atoms with Crippen LogP contribution in [-0.2, 0) is 4.79 Å². The second-order valence-electron chi connectivity index (χ2n) is 5.34. The highest BCUT2D eigenvalue weighted by atomic mass is 32.1. The van der Waals surface area contributed by atoms with Crippen molar-refractivity contribution in [2.75, 3.05) is 6.54 Å². The zero-order valence-corrected chi connectivity index (χ0v) is 13.8. The summed E-state index contributed by atoms with van der Waals surface area (Å²) in [4.78, 5) is 23.4. The maximum Gasteiger partial charge on any atom is 0.303 e. The van der Waals surface area contributed by atoms with E-state index in [9.17, 15) is 9.59 Å². The van der Waals surface area contributed by atoms with E-state index in [2.05, 4.69) is 5.32 Å². The number of aliphatic carboxylic acids is 1. The molecule has 4 nitrogen and oxygen atoms in total. The van der Waals surface area contributed by atoms with Crippen LogP contribution in [0.1, 0.15) is 41.8 Å². The van der Waals surface area contributed by atoms with E-state index in [0.717, 1.165) is 35.3 Å². The van der Waals surface area contributed by atoms with Gasteiger partial charge in [-0.25, -0.2) is 0 Å². The molecule has 0 aliphatic carbocycles. The average Bonchev–Trinajstić information content (AvgIpc) is 3.04. The molecule has 0 aliphatic rings. The van der Waals surface area contributed by atoms with Crippen LogP contribution in [0.25, 0.3) is 11.1 Å². The minimum absolute atomic E-state index is 0.0376. The number of carbonyl (C=O) groups excluding carboxylic acids is 1. The number of carbonyl (C=O) groups is 2. The van der Waals surface area contributed by atoms with Crippen LogP contribution in [0, 0.1) is 0 Å². The summed E-state index contributed by atoms with van der Waals surface area (Å²) in [5.41, 5.74) is 2.02. The SMILES string of the molecule is O=C(O)CCCCCCNC(=O)c1sccc1-c1ccccc1. The van der Waals surface area contributed by atoms with Gasteiger partial charge in [0.2, 0.25) is 0 Å². The third-order valence-corrected chi connectivity index (χ3v) is 4.47. The predicted octanol–water partition coefficient (Wildman–Crippen LogP) is 4.18. The highest BCUT2D eigenvalue weighted by Crippen LogP contribution is 2.27. The van der Waals surface area contributed by atoms with Crippen molar-refractivity contribution in [3.63, 3.8) is 0 Å². The topological polar surface area (TPSA) is 66.4 Å². The molecule has 1 aromatic heterocycles. The molecule has 122 valence electrons. The van der Waals surface area contributed by atoms with E-state index in [1.165, 1.54) is 11.3 Å². The van der Waals surface area contributed by atoms with Gasteiger partial charge < -0.3 is 10.4 Å². The number of carboxylic acid groups (broad SMARTS) is 1. The van der Waals surface area contributed by atoms with Gasteiger partial charge in [-0.05, 0) is 29.9 Å². The Hall–Kier alpha value is -2.14. The normalized spacial score (nSPS) is 10.4. The van der Waals surface area contributed by atoms with Crippen LogP contribution < -0.4 is 5.32 Å². The van der Waals surface area contributed by atoms with Crippen LogP contribution in [0.4, 0.5) is 0 Å². The molecule has 0 radical (unpaired) electrons. The molecule has 1 aromatic carbocycles. The van der Waals surface area contributed by atoms with Gasteiger partial charge in [0, 0.05) is 18.5 Å². The molecule has 0 saturated carbocycles. The number of nitrogens with one attached hydrogen (secondary N) is 1. The molecule has 2 rings (SSSR count). The smallest absolute Gasteiger partial charge is 0.303 e. The fraction of sp³-hybridized carbons (Fsp3) is 0.333. The Bertz CT molecular complexity index is 637. The van der Waals surface area contributed by atoms with E-state index in [1.54, 1.807) is 0 Å². The standard InChI is InChI=1S/C18H21NO3S/c20-16(21)10-6-1-2-7-12-19-18(22)17-15(11-13-23-17)14-8-4-3-5-9-14/h3-5,8-9,11,13H,1-2,6-7,10,12H2,(H,19,22)(H,20,21). The van der Waals surface area contributed by atoms with Gasteiger partial charge in [-0.2, -0.15) is 0 Å². The van der Waals surface area contributed by atoms with E-state index < -0.39 is 5.97 Å². The van der Waals surface area contributed by atoms with Gasteiger partial charge in [-0.15, -0.1) is 11.3 Å². The minimum atomic E-state index is -0.746. The molecule has 0 saturated heterocycles. The Morgan fingerprint density at radius 3 is 2.48 bits per heavy atom. The Kier molecular flexibility index (Phi) is 6.81. The van der Waals surface area contributed by atoms with Gasteiger partial charge in [0.15, 0.2) is 0 Å². The number of hydrogen-bond donors (Lipinski definition) is 2. The zero-order valence-electron chi connectivity index (χ0n) is 13.0. The first-order valence-electron chi connectivity index (χ1n) is 7.81. The van der Waals surface area contributed by atoms with Crippen LogP contribution in [-0.4, -0.2) is 23.5 Å². The lowest BCUT2D eigenvalue weighted by molar-refractivity contribution is -0.137. The van der Waals surface area contributed by atoms with Crippen molar-refractivity contribution >= 4 is 23.2 Å². The summed E-state index contributed by atoms with van der Waals surface area (Å²) in [6, 6.07) is 11.9. The Balaban J connectivity index is 1.77. The largest absolute Gasteiger partial charge is 0.481 e. The van der Waals surface area contributed by atoms with Crippen molar-refractivity contribution in [3.05, 3.63) is 46.7 Å². The summed E-state index contributed by atoms with van der Waals surface area (Å²) in [6.45, 7) is 0.623. The first-order valence-corrected chi connectivity index (χ1v) is 8.69. The number of rotatable bonds is 9. The lowest BCUT2D eigenvalue weighted by Gasteiger charge is -2.06. The Labute approximate surface area is 140 Å². The monoisotopic (exact) mass is 331 g/mol. The fourth-order valence-corrected chi connectivity index (χ4v) is 3.20. The molecule has 0 fully saturated rings. The van der Waals surface area contributed by atoms with Gasteiger partial charge >= 0.3 is 5.97 Å². The molecule has 1 heterocycles. The van der Waals surface area contributed by atoms with Gasteiger partial charge in [0.25, 0.3) is 5.91 Å². The molecule has 1 amide bonds. The van der Waals surface area contributed by atoms with Crippen LogP contribution >= 0.6 is 11.3 Å². The molecule has 0 unspecified atom stereocenters. The number of hydrogen-bond acceptors (Lipinski definition) is 3. The minimum Gasteiger partial charge on any atom is -0.481 e. The highest BCUT2D eigenvalue weighted by Gasteiger charge is 2.13. The van der Waals surface area contributed by atoms with E-state index in [-0.39, 0.29) is 12.3 Å². The highest BCUT2D eigenvalue weighted by molar-refractivity contribution is 7.12. The van der Waals surface area contributed by atoms with Crippen molar-refractivity contribution in [1.82, 2.24) is 5.32 Å². The molecule has 23 heavy (non-hydrogen) atoms. The summed E-state index contributed by atoms with van der Waals surface area (Å²) in [7, 11) is 0. The average molecular weight is 331 g/mol. The van der Waals surface area contributed by atoms with Crippen molar-refractivity contribution in [2.45, 2.75) is 32.1 Å². The molecular weight excluding hydrogens is 310 g/mol. The van der Waals surface area contributed by atoms with Crippen LogP contribution in [0.5, 0.6) is 0 Å². The Morgan fingerprint density at radius 2 is 1.74 bits per heavy atom. The maximum absolute atomic E-state index is 12.3. The van der Waals surface area contributed by atoms with E-state index in [0.29, 0.717) is 13.0 Å². The molecule has 0 atom stereocenters. The Morgan fingerprint density at radius 1 is 1.00 bits per heavy atom. The third-order valence-electron chi connectivity index (χ3n) is 3.56. The van der Waals surface area contributed by atoms with Crippen molar-refractivity contribution in [2.24, 2.45) is 0 Å². The van der Waals surface area contributed by atoms with Crippen molar-refractivity contribution in [1.29, 1.82) is 0 Å². The van der Waals surface area contributed by atoms with E-state index >= 15 is 0 Å². The first kappa shape index (κ1) is 17.2. The summed E-state index contributed by atoms with van der Waals surface area (Å²) < 4.78 is 0. The van der Waals surface area contributed by atoms with E-state index in [4.69, 9.17) is 5.11 Å². The third kappa shape index (κ3) is 5.53. The summed E-state index contributed by atoms with van der Waals surface area (Å²) in [5.74, 6) is -0.783. The number of carboxylic acids is 1. The quantitative estimate of drug-likeness (QED) is 0.677. The number of thiophene rings is 1. The van der Waals surface area contributed by atoms with Crippen LogP contribution in [0.2, 0.25) is 0 Å². The second kappa shape index (κ2) is 9.10. The molecular formula is C18H21NO3S. The van der Waals surface area contributed by atoms with Gasteiger partial charge in [0.05, 0.1) is 4.88 Å². The van der Waals surface area contributed by atoms with Crippen LogP contribution in [0.15, 0.2) is 41.8 Å². The lowest BCUT2D eigenvalue weighted by Crippen LogP contribution is -2.24. The van der Waals surface area contributed by atoms with Crippen molar-refractivity contribution in [3.8, 4) is 11.1 Å². The predicted molar refractivity (Wildman–Crippen MR) is 92.8 cm³/mol. The number of amides is 1. The van der Waals surface area contributed by atoms with Gasteiger partial charge in [-0.1, -0.05) is 43.2 Å². The van der Waals surface area contributed by atoms with Gasteiger partial charge in [0.1, 0.15) is 0 Å². The molecule has 2 N–H and O–H groups in total. The molecule has 2 aromatic rings. The first-order chi connectivity index (χ1) is 11.2. The fourth-order valence-electron chi connectivity index (χ4n) is 2.37. The molecule has 0 spiro atoms. The van der Waals surface area contributed by atoms with Crippen molar-refractivity contribution < 1.29 is 14.7 Å². The zero-order chi connectivity index (χ0) is 16.5. The number of unbranched alkanes of at least 4 members (excludes halogenated alkanes) is 3. The molecule has 0 bridgehead atoms. The molecule has 0 aliphatic heterocycles. The summed E-state index contributed by atoms with van der Waals surface area (Å²) >= 11 is 1.45. The molecule has 5 heteroatoms. The maximum atomic E-state index is 12.3. The number of benzene rings is 1. The van der Waals surface area contributed by atoms with Gasteiger partial charge in [-0.3, -0.25) is 9.59 Å². The summed E-state index contributed by atoms with van der Waals surface area (Å²) in [6.07, 6.45) is 3.62.